The lowest BCUT2D eigenvalue weighted by Crippen LogP contribution is -1.96. The Labute approximate surface area is 120 Å². The molecule has 0 unspecified atom stereocenters. The summed E-state index contributed by atoms with van der Waals surface area (Å²) in [5.74, 6) is 0. The number of benzene rings is 2. The molecule has 0 aliphatic carbocycles. The summed E-state index contributed by atoms with van der Waals surface area (Å²) in [6.07, 6.45) is 0.649. The van der Waals surface area contributed by atoms with Gasteiger partial charge in [0.2, 0.25) is 0 Å². The lowest BCUT2D eigenvalue weighted by atomic mass is 10.0. The van der Waals surface area contributed by atoms with E-state index in [1.165, 1.54) is 12.1 Å². The van der Waals surface area contributed by atoms with E-state index >= 15 is 0 Å². The van der Waals surface area contributed by atoms with Gasteiger partial charge in [-0.25, -0.2) is 0 Å². The van der Waals surface area contributed by atoms with Crippen molar-refractivity contribution in [1.29, 1.82) is 0 Å². The number of hydrogen-bond acceptors (Lipinski definition) is 2. The van der Waals surface area contributed by atoms with Gasteiger partial charge in [-0.15, -0.1) is 11.6 Å². The SMILES string of the molecule is O=[N+]([O-])c1ccc([C@@H](Cl)Cc2ccc(Cl)cc2)cc1. The molecule has 19 heavy (non-hydrogen) atoms. The van der Waals surface area contributed by atoms with Crippen molar-refractivity contribution in [3.8, 4) is 0 Å². The zero-order valence-electron chi connectivity index (χ0n) is 9.92. The Bertz CT molecular complexity index is 567. The maximum atomic E-state index is 10.6. The fourth-order valence-electron chi connectivity index (χ4n) is 1.75. The fraction of sp³-hybridized carbons (Fsp3) is 0.143. The predicted molar refractivity (Wildman–Crippen MR) is 76.8 cm³/mol. The van der Waals surface area contributed by atoms with Crippen LogP contribution in [0.1, 0.15) is 16.5 Å². The third kappa shape index (κ3) is 3.69. The molecule has 2 aromatic carbocycles. The molecule has 1 atom stereocenters. The predicted octanol–water partition coefficient (Wildman–Crippen LogP) is 4.77. The molecule has 0 aliphatic rings. The van der Waals surface area contributed by atoms with E-state index in [0.717, 1.165) is 11.1 Å². The summed E-state index contributed by atoms with van der Waals surface area (Å²) in [5, 5.41) is 11.0. The monoisotopic (exact) mass is 295 g/mol. The Morgan fingerprint density at radius 2 is 1.63 bits per heavy atom. The first-order valence-corrected chi connectivity index (χ1v) is 6.50. The number of nitro groups is 1. The highest BCUT2D eigenvalue weighted by atomic mass is 35.5. The topological polar surface area (TPSA) is 43.1 Å². The Hall–Kier alpha value is -1.58. The molecule has 98 valence electrons. The van der Waals surface area contributed by atoms with E-state index in [2.05, 4.69) is 0 Å². The van der Waals surface area contributed by atoms with Crippen molar-refractivity contribution >= 4 is 28.9 Å². The van der Waals surface area contributed by atoms with Crippen molar-refractivity contribution in [3.63, 3.8) is 0 Å². The van der Waals surface area contributed by atoms with Crippen LogP contribution in [0.3, 0.4) is 0 Å². The minimum atomic E-state index is -0.424. The number of halogens is 2. The first kappa shape index (κ1) is 13.8. The summed E-state index contributed by atoms with van der Waals surface area (Å²) in [7, 11) is 0. The lowest BCUT2D eigenvalue weighted by Gasteiger charge is -2.09. The molecule has 0 bridgehead atoms. The molecular formula is C14H11Cl2NO2. The molecule has 3 nitrogen and oxygen atoms in total. The molecule has 0 spiro atoms. The summed E-state index contributed by atoms with van der Waals surface area (Å²) >= 11 is 12.1. The molecule has 0 radical (unpaired) electrons. The van der Waals surface area contributed by atoms with E-state index < -0.39 is 4.92 Å². The molecule has 2 rings (SSSR count). The fourth-order valence-corrected chi connectivity index (χ4v) is 2.20. The molecule has 0 saturated carbocycles. The number of non-ortho nitro benzene ring substituents is 1. The molecule has 2 aromatic rings. The van der Waals surface area contributed by atoms with Crippen molar-refractivity contribution < 1.29 is 4.92 Å². The molecule has 0 saturated heterocycles. The van der Waals surface area contributed by atoms with Gasteiger partial charge in [0.1, 0.15) is 0 Å². The summed E-state index contributed by atoms with van der Waals surface area (Å²) in [6.45, 7) is 0. The Kier molecular flexibility index (Phi) is 4.40. The van der Waals surface area contributed by atoms with Gasteiger partial charge in [-0.2, -0.15) is 0 Å². The maximum Gasteiger partial charge on any atom is 0.269 e. The Balaban J connectivity index is 2.09. The second-order valence-electron chi connectivity index (χ2n) is 4.15. The largest absolute Gasteiger partial charge is 0.269 e. The minimum Gasteiger partial charge on any atom is -0.258 e. The molecular weight excluding hydrogens is 285 g/mol. The van der Waals surface area contributed by atoms with Gasteiger partial charge in [-0.05, 0) is 29.7 Å². The second kappa shape index (κ2) is 6.04. The zero-order chi connectivity index (χ0) is 13.8. The van der Waals surface area contributed by atoms with Crippen LogP contribution < -0.4 is 0 Å². The second-order valence-corrected chi connectivity index (χ2v) is 5.11. The van der Waals surface area contributed by atoms with Gasteiger partial charge in [-0.1, -0.05) is 35.9 Å². The number of alkyl halides is 1. The van der Waals surface area contributed by atoms with Crippen LogP contribution in [0, 0.1) is 10.1 Å². The number of nitrogens with zero attached hydrogens (tertiary/aromatic N) is 1. The first-order valence-electron chi connectivity index (χ1n) is 5.69. The molecule has 0 heterocycles. The number of rotatable bonds is 4. The van der Waals surface area contributed by atoms with Crippen molar-refractivity contribution in [3.05, 3.63) is 74.8 Å². The summed E-state index contributed by atoms with van der Waals surface area (Å²) in [4.78, 5) is 10.1. The maximum absolute atomic E-state index is 10.6. The van der Waals surface area contributed by atoms with E-state index in [4.69, 9.17) is 23.2 Å². The van der Waals surface area contributed by atoms with Gasteiger partial charge in [0, 0.05) is 17.2 Å². The van der Waals surface area contributed by atoms with Crippen LogP contribution in [0.2, 0.25) is 5.02 Å². The van der Waals surface area contributed by atoms with E-state index in [0.29, 0.717) is 11.4 Å². The third-order valence-corrected chi connectivity index (χ3v) is 3.45. The normalized spacial score (nSPS) is 12.1. The average Bonchev–Trinajstić information content (AvgIpc) is 2.41. The van der Waals surface area contributed by atoms with Gasteiger partial charge in [0.05, 0.1) is 10.3 Å². The number of nitro benzene ring substituents is 1. The summed E-state index contributed by atoms with van der Waals surface area (Å²) in [5.41, 5.74) is 2.00. The van der Waals surface area contributed by atoms with Gasteiger partial charge >= 0.3 is 0 Å². The molecule has 0 aliphatic heterocycles. The first-order chi connectivity index (χ1) is 9.06. The van der Waals surface area contributed by atoms with E-state index in [1.807, 2.05) is 24.3 Å². The van der Waals surface area contributed by atoms with E-state index in [-0.39, 0.29) is 11.1 Å². The van der Waals surface area contributed by atoms with Crippen LogP contribution in [0.4, 0.5) is 5.69 Å². The highest BCUT2D eigenvalue weighted by molar-refractivity contribution is 6.30. The van der Waals surface area contributed by atoms with Crippen LogP contribution in [-0.2, 0) is 6.42 Å². The third-order valence-electron chi connectivity index (χ3n) is 2.79. The molecule has 0 N–H and O–H groups in total. The zero-order valence-corrected chi connectivity index (χ0v) is 11.4. The Morgan fingerprint density at radius 1 is 1.05 bits per heavy atom. The van der Waals surface area contributed by atoms with Crippen molar-refractivity contribution in [1.82, 2.24) is 0 Å². The van der Waals surface area contributed by atoms with Crippen molar-refractivity contribution in [2.45, 2.75) is 11.8 Å². The number of hydrogen-bond donors (Lipinski definition) is 0. The van der Waals surface area contributed by atoms with Crippen LogP contribution in [-0.4, -0.2) is 4.92 Å². The Morgan fingerprint density at radius 3 is 2.16 bits per heavy atom. The molecule has 0 amide bonds. The van der Waals surface area contributed by atoms with E-state index in [1.54, 1.807) is 12.1 Å². The summed E-state index contributed by atoms with van der Waals surface area (Å²) < 4.78 is 0. The van der Waals surface area contributed by atoms with Crippen LogP contribution in [0.15, 0.2) is 48.5 Å². The van der Waals surface area contributed by atoms with Gasteiger partial charge < -0.3 is 0 Å². The average molecular weight is 296 g/mol. The summed E-state index contributed by atoms with van der Waals surface area (Å²) in [6, 6.07) is 13.8. The van der Waals surface area contributed by atoms with E-state index in [9.17, 15) is 10.1 Å². The van der Waals surface area contributed by atoms with Gasteiger partial charge in [0.25, 0.3) is 5.69 Å². The van der Waals surface area contributed by atoms with Crippen LogP contribution in [0.25, 0.3) is 0 Å². The van der Waals surface area contributed by atoms with Crippen LogP contribution >= 0.6 is 23.2 Å². The highest BCUT2D eigenvalue weighted by Gasteiger charge is 2.11. The van der Waals surface area contributed by atoms with Crippen molar-refractivity contribution in [2.75, 3.05) is 0 Å². The smallest absolute Gasteiger partial charge is 0.258 e. The highest BCUT2D eigenvalue weighted by Crippen LogP contribution is 2.27. The quantitative estimate of drug-likeness (QED) is 0.463. The molecule has 5 heteroatoms. The van der Waals surface area contributed by atoms with Crippen LogP contribution in [0.5, 0.6) is 0 Å². The lowest BCUT2D eigenvalue weighted by molar-refractivity contribution is -0.384. The molecule has 0 fully saturated rings. The standard InChI is InChI=1S/C14H11Cl2NO2/c15-12-5-1-10(2-6-12)9-14(16)11-3-7-13(8-4-11)17(18)19/h1-8,14H,9H2/t14-/m0/s1. The van der Waals surface area contributed by atoms with Gasteiger partial charge in [-0.3, -0.25) is 10.1 Å². The van der Waals surface area contributed by atoms with Gasteiger partial charge in [0.15, 0.2) is 0 Å². The molecule has 0 aromatic heterocycles. The minimum absolute atomic E-state index is 0.0686. The van der Waals surface area contributed by atoms with Crippen molar-refractivity contribution in [2.24, 2.45) is 0 Å².